The summed E-state index contributed by atoms with van der Waals surface area (Å²) in [5, 5.41) is 4.23. The van der Waals surface area contributed by atoms with Crippen molar-refractivity contribution in [3.05, 3.63) is 64.1 Å². The van der Waals surface area contributed by atoms with Crippen LogP contribution in [0.2, 0.25) is 10.0 Å². The number of anilines is 1. The number of nitrogens with zero attached hydrogens (tertiary/aromatic N) is 1. The van der Waals surface area contributed by atoms with Crippen LogP contribution >= 0.6 is 23.2 Å². The molecule has 3 nitrogen and oxygen atoms in total. The quantitative estimate of drug-likeness (QED) is 0.805. The van der Waals surface area contributed by atoms with Crippen molar-refractivity contribution in [3.8, 4) is 0 Å². The number of likely N-dealkylation sites (tertiary alicyclic amines) is 1. The largest absolute Gasteiger partial charge is 0.376 e. The molecule has 1 saturated heterocycles. The van der Waals surface area contributed by atoms with Crippen LogP contribution in [0.5, 0.6) is 0 Å². The maximum absolute atomic E-state index is 12.4. The first kappa shape index (κ1) is 18.1. The molecule has 0 spiro atoms. The number of carbonyl (C=O) groups is 1. The lowest BCUT2D eigenvalue weighted by Gasteiger charge is -2.32. The minimum atomic E-state index is 0.120. The maximum atomic E-state index is 12.4. The third-order valence-corrected chi connectivity index (χ3v) is 5.08. The summed E-state index contributed by atoms with van der Waals surface area (Å²) in [4.78, 5) is 14.3. The van der Waals surface area contributed by atoms with Crippen LogP contribution in [-0.2, 0) is 11.2 Å². The lowest BCUT2D eigenvalue weighted by molar-refractivity contribution is -0.130. The third kappa shape index (κ3) is 5.38. The van der Waals surface area contributed by atoms with Crippen molar-refractivity contribution in [2.75, 3.05) is 25.0 Å². The number of rotatable bonds is 5. The fourth-order valence-electron chi connectivity index (χ4n) is 3.28. The maximum Gasteiger partial charge on any atom is 0.241 e. The highest BCUT2D eigenvalue weighted by molar-refractivity contribution is 6.35. The van der Waals surface area contributed by atoms with E-state index in [2.05, 4.69) is 29.6 Å². The Labute approximate surface area is 158 Å². The van der Waals surface area contributed by atoms with E-state index in [1.807, 2.05) is 11.0 Å². The Morgan fingerprint density at radius 2 is 1.68 bits per heavy atom. The fraction of sp³-hybridized carbons (Fsp3) is 0.350. The molecule has 0 aliphatic carbocycles. The van der Waals surface area contributed by atoms with Crippen LogP contribution in [-0.4, -0.2) is 30.4 Å². The summed E-state index contributed by atoms with van der Waals surface area (Å²) in [6, 6.07) is 15.8. The van der Waals surface area contributed by atoms with Gasteiger partial charge in [0.05, 0.1) is 6.54 Å². The molecule has 0 bridgehead atoms. The number of amides is 1. The Hall–Kier alpha value is -1.71. The Bertz CT molecular complexity index is 693. The minimum Gasteiger partial charge on any atom is -0.376 e. The average Bonchev–Trinajstić information content (AvgIpc) is 2.60. The zero-order chi connectivity index (χ0) is 17.6. The van der Waals surface area contributed by atoms with E-state index in [1.165, 1.54) is 5.56 Å². The van der Waals surface area contributed by atoms with E-state index in [-0.39, 0.29) is 12.5 Å². The van der Waals surface area contributed by atoms with Gasteiger partial charge in [0.2, 0.25) is 5.91 Å². The molecule has 1 aliphatic heterocycles. The Morgan fingerprint density at radius 3 is 2.32 bits per heavy atom. The van der Waals surface area contributed by atoms with Crippen molar-refractivity contribution in [1.82, 2.24) is 4.90 Å². The number of halogens is 2. The zero-order valence-corrected chi connectivity index (χ0v) is 15.6. The van der Waals surface area contributed by atoms with E-state index in [4.69, 9.17) is 23.2 Å². The molecule has 0 atom stereocenters. The Kier molecular flexibility index (Phi) is 6.22. The topological polar surface area (TPSA) is 32.3 Å². The summed E-state index contributed by atoms with van der Waals surface area (Å²) in [6.45, 7) is 1.92. The summed E-state index contributed by atoms with van der Waals surface area (Å²) < 4.78 is 0. The average molecular weight is 377 g/mol. The van der Waals surface area contributed by atoms with Gasteiger partial charge in [-0.3, -0.25) is 4.79 Å². The molecule has 0 aromatic heterocycles. The van der Waals surface area contributed by atoms with E-state index in [1.54, 1.807) is 18.2 Å². The summed E-state index contributed by atoms with van der Waals surface area (Å²) in [5.41, 5.74) is 2.15. The second-order valence-corrected chi connectivity index (χ2v) is 7.40. The number of piperidine rings is 1. The summed E-state index contributed by atoms with van der Waals surface area (Å²) in [7, 11) is 0. The van der Waals surface area contributed by atoms with Crippen molar-refractivity contribution >= 4 is 34.8 Å². The van der Waals surface area contributed by atoms with Gasteiger partial charge in [0.25, 0.3) is 0 Å². The lowest BCUT2D eigenvalue weighted by atomic mass is 9.90. The van der Waals surface area contributed by atoms with Crippen molar-refractivity contribution in [1.29, 1.82) is 0 Å². The predicted molar refractivity (Wildman–Crippen MR) is 104 cm³/mol. The van der Waals surface area contributed by atoms with Crippen molar-refractivity contribution in [2.24, 2.45) is 5.92 Å². The van der Waals surface area contributed by atoms with Gasteiger partial charge >= 0.3 is 0 Å². The molecule has 0 unspecified atom stereocenters. The molecule has 0 saturated carbocycles. The van der Waals surface area contributed by atoms with Gasteiger partial charge in [-0.25, -0.2) is 0 Å². The number of hydrogen-bond acceptors (Lipinski definition) is 2. The SMILES string of the molecule is O=C(CNc1cc(Cl)cc(Cl)c1)N1CCC(Cc2ccccc2)CC1. The van der Waals surface area contributed by atoms with Crippen LogP contribution in [0.3, 0.4) is 0 Å². The van der Waals surface area contributed by atoms with E-state index in [0.717, 1.165) is 38.0 Å². The minimum absolute atomic E-state index is 0.120. The molecule has 1 aliphatic rings. The van der Waals surface area contributed by atoms with Crippen LogP contribution < -0.4 is 5.32 Å². The van der Waals surface area contributed by atoms with Gasteiger partial charge in [-0.1, -0.05) is 53.5 Å². The monoisotopic (exact) mass is 376 g/mol. The number of carbonyl (C=O) groups excluding carboxylic acids is 1. The molecule has 1 heterocycles. The molecule has 5 heteroatoms. The van der Waals surface area contributed by atoms with Gasteiger partial charge in [0.15, 0.2) is 0 Å². The van der Waals surface area contributed by atoms with Gasteiger partial charge < -0.3 is 10.2 Å². The Morgan fingerprint density at radius 1 is 1.04 bits per heavy atom. The van der Waals surface area contributed by atoms with Crippen LogP contribution in [0.25, 0.3) is 0 Å². The Balaban J connectivity index is 1.45. The molecule has 1 amide bonds. The third-order valence-electron chi connectivity index (χ3n) is 4.64. The zero-order valence-electron chi connectivity index (χ0n) is 14.1. The van der Waals surface area contributed by atoms with Gasteiger partial charge in [-0.15, -0.1) is 0 Å². The van der Waals surface area contributed by atoms with E-state index >= 15 is 0 Å². The summed E-state index contributed by atoms with van der Waals surface area (Å²) >= 11 is 12.0. The highest BCUT2D eigenvalue weighted by Crippen LogP contribution is 2.23. The van der Waals surface area contributed by atoms with E-state index < -0.39 is 0 Å². The van der Waals surface area contributed by atoms with Crippen LogP contribution in [0.15, 0.2) is 48.5 Å². The molecular formula is C20H22Cl2N2O. The van der Waals surface area contributed by atoms with Crippen molar-refractivity contribution < 1.29 is 4.79 Å². The molecule has 1 fully saturated rings. The van der Waals surface area contributed by atoms with Gasteiger partial charge in [0.1, 0.15) is 0 Å². The van der Waals surface area contributed by atoms with Crippen LogP contribution in [0.4, 0.5) is 5.69 Å². The molecule has 1 N–H and O–H groups in total. The molecule has 2 aromatic carbocycles. The van der Waals surface area contributed by atoms with Crippen LogP contribution in [0.1, 0.15) is 18.4 Å². The van der Waals surface area contributed by atoms with Crippen molar-refractivity contribution in [3.63, 3.8) is 0 Å². The summed E-state index contributed by atoms with van der Waals surface area (Å²) in [5.74, 6) is 0.778. The van der Waals surface area contributed by atoms with Gasteiger partial charge in [-0.2, -0.15) is 0 Å². The molecule has 2 aromatic rings. The van der Waals surface area contributed by atoms with E-state index in [0.29, 0.717) is 16.0 Å². The van der Waals surface area contributed by atoms with Crippen molar-refractivity contribution in [2.45, 2.75) is 19.3 Å². The molecule has 25 heavy (non-hydrogen) atoms. The second-order valence-electron chi connectivity index (χ2n) is 6.53. The van der Waals surface area contributed by atoms with Crippen LogP contribution in [0, 0.1) is 5.92 Å². The van der Waals surface area contributed by atoms with Gasteiger partial charge in [0, 0.05) is 28.8 Å². The first-order valence-electron chi connectivity index (χ1n) is 8.62. The normalized spacial score (nSPS) is 15.2. The molecular weight excluding hydrogens is 355 g/mol. The van der Waals surface area contributed by atoms with E-state index in [9.17, 15) is 4.79 Å². The first-order valence-corrected chi connectivity index (χ1v) is 9.37. The first-order chi connectivity index (χ1) is 12.1. The number of nitrogens with one attached hydrogen (secondary N) is 1. The molecule has 3 rings (SSSR count). The fourth-order valence-corrected chi connectivity index (χ4v) is 3.81. The molecule has 132 valence electrons. The molecule has 0 radical (unpaired) electrons. The smallest absolute Gasteiger partial charge is 0.241 e. The number of benzene rings is 2. The summed E-state index contributed by atoms with van der Waals surface area (Å²) in [6.07, 6.45) is 3.22. The number of hydrogen-bond donors (Lipinski definition) is 1. The highest BCUT2D eigenvalue weighted by atomic mass is 35.5. The standard InChI is InChI=1S/C20H22Cl2N2O/c21-17-11-18(22)13-19(12-17)23-14-20(25)24-8-6-16(7-9-24)10-15-4-2-1-3-5-15/h1-5,11-13,16,23H,6-10,14H2. The predicted octanol–water partition coefficient (Wildman–Crippen LogP) is 4.89. The highest BCUT2D eigenvalue weighted by Gasteiger charge is 2.22. The lowest BCUT2D eigenvalue weighted by Crippen LogP contribution is -2.41. The second kappa shape index (κ2) is 8.59. The van der Waals surface area contributed by atoms with Gasteiger partial charge in [-0.05, 0) is 48.9 Å².